The van der Waals surface area contributed by atoms with E-state index >= 15 is 0 Å². The number of aromatic amines is 1. The molecule has 3 aromatic rings. The van der Waals surface area contributed by atoms with E-state index in [9.17, 15) is 0 Å². The number of halogens is 1. The summed E-state index contributed by atoms with van der Waals surface area (Å²) in [6.07, 6.45) is 0.731. The van der Waals surface area contributed by atoms with Gasteiger partial charge < -0.3 is 0 Å². The molecule has 0 saturated heterocycles. The Bertz CT molecular complexity index is 753. The third-order valence-corrected chi connectivity index (χ3v) is 4.56. The van der Waals surface area contributed by atoms with Crippen LogP contribution in [0.15, 0.2) is 53.7 Å². The maximum absolute atomic E-state index is 5.89. The van der Waals surface area contributed by atoms with Crippen molar-refractivity contribution in [2.24, 2.45) is 0 Å². The number of rotatable bonds is 5. The molecule has 3 rings (SSSR count). The van der Waals surface area contributed by atoms with E-state index in [-0.39, 0.29) is 0 Å². The minimum absolute atomic E-state index is 0.731. The summed E-state index contributed by atoms with van der Waals surface area (Å²) < 4.78 is 0. The number of benzene rings is 2. The molecule has 0 bridgehead atoms. The molecule has 0 radical (unpaired) electrons. The largest absolute Gasteiger partial charge is 0.262 e. The molecule has 1 N–H and O–H groups in total. The lowest BCUT2D eigenvalue weighted by Gasteiger charge is -2.02. The highest BCUT2D eigenvalue weighted by Crippen LogP contribution is 2.21. The predicted molar refractivity (Wildman–Crippen MR) is 91.4 cm³/mol. The van der Waals surface area contributed by atoms with Gasteiger partial charge in [0.05, 0.1) is 0 Å². The molecule has 0 unspecified atom stereocenters. The van der Waals surface area contributed by atoms with Crippen LogP contribution in [0.4, 0.5) is 0 Å². The monoisotopic (exact) mass is 329 g/mol. The first kappa shape index (κ1) is 15.1. The summed E-state index contributed by atoms with van der Waals surface area (Å²) in [6, 6.07) is 16.2. The van der Waals surface area contributed by atoms with Gasteiger partial charge in [-0.25, -0.2) is 4.98 Å². The quantitative estimate of drug-likeness (QED) is 0.693. The fraction of sp³-hybridized carbons (Fsp3) is 0.176. The second-order valence-electron chi connectivity index (χ2n) is 5.08. The van der Waals surface area contributed by atoms with Crippen LogP contribution in [0.5, 0.6) is 0 Å². The number of thioether (sulfide) groups is 1. The van der Waals surface area contributed by atoms with Crippen LogP contribution in [-0.2, 0) is 12.2 Å². The summed E-state index contributed by atoms with van der Waals surface area (Å²) in [5, 5.41) is 8.81. The van der Waals surface area contributed by atoms with E-state index in [1.807, 2.05) is 24.3 Å². The van der Waals surface area contributed by atoms with Crippen molar-refractivity contribution < 1.29 is 0 Å². The van der Waals surface area contributed by atoms with Crippen LogP contribution < -0.4 is 0 Å². The summed E-state index contributed by atoms with van der Waals surface area (Å²) in [4.78, 5) is 4.54. The molecule has 2 aromatic carbocycles. The highest BCUT2D eigenvalue weighted by Gasteiger charge is 2.06. The molecule has 0 saturated carbocycles. The Morgan fingerprint density at radius 3 is 2.64 bits per heavy atom. The van der Waals surface area contributed by atoms with E-state index in [1.54, 1.807) is 11.8 Å². The first-order valence-corrected chi connectivity index (χ1v) is 8.40. The highest BCUT2D eigenvalue weighted by atomic mass is 35.5. The van der Waals surface area contributed by atoms with E-state index in [4.69, 9.17) is 11.6 Å². The fourth-order valence-electron chi connectivity index (χ4n) is 2.13. The number of H-pyrrole nitrogens is 1. The van der Waals surface area contributed by atoms with Crippen molar-refractivity contribution in [2.45, 2.75) is 24.3 Å². The van der Waals surface area contributed by atoms with E-state index < -0.39 is 0 Å². The van der Waals surface area contributed by atoms with Crippen LogP contribution >= 0.6 is 23.4 Å². The number of nitrogens with one attached hydrogen (secondary N) is 1. The summed E-state index contributed by atoms with van der Waals surface area (Å²) in [7, 11) is 0. The van der Waals surface area contributed by atoms with Crippen molar-refractivity contribution in [3.05, 3.63) is 76.1 Å². The molecule has 1 heterocycles. The van der Waals surface area contributed by atoms with E-state index in [2.05, 4.69) is 46.4 Å². The molecule has 0 aliphatic heterocycles. The Hall–Kier alpha value is -1.78. The summed E-state index contributed by atoms with van der Waals surface area (Å²) >= 11 is 7.54. The van der Waals surface area contributed by atoms with E-state index in [1.165, 1.54) is 11.1 Å². The lowest BCUT2D eigenvalue weighted by molar-refractivity contribution is 0.956. The zero-order chi connectivity index (χ0) is 15.4. The summed E-state index contributed by atoms with van der Waals surface area (Å²) in [5.41, 5.74) is 3.78. The standard InChI is InChI=1S/C17H16ClN3S/c1-12-4-2-3-5-14(12)11-22-17-19-16(20-21-17)10-13-6-8-15(18)9-7-13/h2-9H,10-11H2,1H3,(H,19,20,21). The van der Waals surface area contributed by atoms with Gasteiger partial charge in [-0.2, -0.15) is 0 Å². The molecule has 0 aliphatic rings. The maximum atomic E-state index is 5.89. The zero-order valence-corrected chi connectivity index (χ0v) is 13.8. The van der Waals surface area contributed by atoms with Gasteiger partial charge in [0.25, 0.3) is 0 Å². The minimum atomic E-state index is 0.731. The number of hydrogen-bond donors (Lipinski definition) is 1. The Morgan fingerprint density at radius 1 is 1.09 bits per heavy atom. The molecular formula is C17H16ClN3S. The molecule has 0 fully saturated rings. The second kappa shape index (κ2) is 6.99. The molecule has 5 heteroatoms. The Morgan fingerprint density at radius 2 is 1.86 bits per heavy atom. The predicted octanol–water partition coefficient (Wildman–Crippen LogP) is 4.65. The third-order valence-electron chi connectivity index (χ3n) is 3.41. The molecule has 22 heavy (non-hydrogen) atoms. The highest BCUT2D eigenvalue weighted by molar-refractivity contribution is 7.98. The van der Waals surface area contributed by atoms with Gasteiger partial charge in [0.2, 0.25) is 5.16 Å². The van der Waals surface area contributed by atoms with Crippen LogP contribution in [0, 0.1) is 6.92 Å². The number of aryl methyl sites for hydroxylation is 1. The lowest BCUT2D eigenvalue weighted by Crippen LogP contribution is -1.90. The Balaban J connectivity index is 1.61. The van der Waals surface area contributed by atoms with Gasteiger partial charge in [0.15, 0.2) is 0 Å². The van der Waals surface area contributed by atoms with Crippen LogP contribution in [0.2, 0.25) is 5.02 Å². The van der Waals surface area contributed by atoms with Gasteiger partial charge in [-0.05, 0) is 35.7 Å². The van der Waals surface area contributed by atoms with Gasteiger partial charge in [-0.3, -0.25) is 5.10 Å². The van der Waals surface area contributed by atoms with Gasteiger partial charge in [-0.1, -0.05) is 59.8 Å². The summed E-state index contributed by atoms with van der Waals surface area (Å²) in [5.74, 6) is 1.75. The van der Waals surface area contributed by atoms with E-state index in [0.29, 0.717) is 0 Å². The van der Waals surface area contributed by atoms with Crippen molar-refractivity contribution in [1.82, 2.24) is 15.2 Å². The first-order valence-electron chi connectivity index (χ1n) is 7.04. The van der Waals surface area contributed by atoms with E-state index in [0.717, 1.165) is 33.7 Å². The van der Waals surface area contributed by atoms with Gasteiger partial charge in [0, 0.05) is 17.2 Å². The normalized spacial score (nSPS) is 10.8. The zero-order valence-electron chi connectivity index (χ0n) is 12.2. The average molecular weight is 330 g/mol. The van der Waals surface area contributed by atoms with Crippen molar-refractivity contribution in [3.63, 3.8) is 0 Å². The summed E-state index contributed by atoms with van der Waals surface area (Å²) in [6.45, 7) is 2.12. The molecule has 0 aliphatic carbocycles. The van der Waals surface area contributed by atoms with Crippen LogP contribution in [0.1, 0.15) is 22.5 Å². The third kappa shape index (κ3) is 3.90. The molecule has 1 aromatic heterocycles. The smallest absolute Gasteiger partial charge is 0.208 e. The second-order valence-corrected chi connectivity index (χ2v) is 6.46. The Kier molecular flexibility index (Phi) is 4.80. The maximum Gasteiger partial charge on any atom is 0.208 e. The average Bonchev–Trinajstić information content (AvgIpc) is 2.96. The van der Waals surface area contributed by atoms with Gasteiger partial charge >= 0.3 is 0 Å². The van der Waals surface area contributed by atoms with Gasteiger partial charge in [-0.15, -0.1) is 5.10 Å². The molecule has 3 nitrogen and oxygen atoms in total. The molecule has 112 valence electrons. The van der Waals surface area contributed by atoms with Crippen molar-refractivity contribution in [1.29, 1.82) is 0 Å². The topological polar surface area (TPSA) is 41.6 Å². The lowest BCUT2D eigenvalue weighted by atomic mass is 10.1. The van der Waals surface area contributed by atoms with Crippen LogP contribution in [0.25, 0.3) is 0 Å². The number of nitrogens with zero attached hydrogens (tertiary/aromatic N) is 2. The number of hydrogen-bond acceptors (Lipinski definition) is 3. The Labute approximate surface area is 139 Å². The molecular weight excluding hydrogens is 314 g/mol. The fourth-order valence-corrected chi connectivity index (χ4v) is 3.15. The minimum Gasteiger partial charge on any atom is -0.262 e. The SMILES string of the molecule is Cc1ccccc1CSc1n[nH]c(Cc2ccc(Cl)cc2)n1. The molecule has 0 atom stereocenters. The van der Waals surface area contributed by atoms with Crippen molar-refractivity contribution in [2.75, 3.05) is 0 Å². The van der Waals surface area contributed by atoms with Crippen LogP contribution in [0.3, 0.4) is 0 Å². The molecule has 0 amide bonds. The van der Waals surface area contributed by atoms with Crippen molar-refractivity contribution >= 4 is 23.4 Å². The van der Waals surface area contributed by atoms with Gasteiger partial charge in [0.1, 0.15) is 5.82 Å². The number of aromatic nitrogens is 3. The van der Waals surface area contributed by atoms with Crippen LogP contribution in [-0.4, -0.2) is 15.2 Å². The first-order chi connectivity index (χ1) is 10.7. The molecule has 0 spiro atoms. The van der Waals surface area contributed by atoms with Crippen molar-refractivity contribution in [3.8, 4) is 0 Å².